The first-order chi connectivity index (χ1) is 18.6. The molecule has 2 N–H and O–H groups in total. The number of thiophene rings is 1. The van der Waals surface area contributed by atoms with E-state index in [1.54, 1.807) is 0 Å². The third kappa shape index (κ3) is 4.25. The van der Waals surface area contributed by atoms with Crippen LogP contribution in [-0.2, 0) is 4.74 Å². The van der Waals surface area contributed by atoms with Crippen LogP contribution in [0.25, 0.3) is 32.7 Å². The Hall–Kier alpha value is -4.68. The summed E-state index contributed by atoms with van der Waals surface area (Å²) in [5.74, 6) is -1.20. The highest BCUT2D eigenvalue weighted by Gasteiger charge is 2.30. The molecular weight excluding hydrogens is 494 g/mol. The molecule has 0 bridgehead atoms. The molecule has 1 aliphatic rings. The Morgan fingerprint density at radius 1 is 0.737 bits per heavy atom. The number of ether oxygens (including phenoxy) is 1. The largest absolute Gasteiger partial charge is 0.478 e. The van der Waals surface area contributed by atoms with Gasteiger partial charge in [-0.15, -0.1) is 11.3 Å². The summed E-state index contributed by atoms with van der Waals surface area (Å²) in [6, 6.07) is 35.2. The molecule has 5 aromatic rings. The van der Waals surface area contributed by atoms with Crippen molar-refractivity contribution in [1.82, 2.24) is 0 Å². The molecule has 6 rings (SSSR count). The van der Waals surface area contributed by atoms with Crippen LogP contribution in [0, 0.1) is 0 Å². The first kappa shape index (κ1) is 23.7. The van der Waals surface area contributed by atoms with Crippen molar-refractivity contribution in [2.75, 3.05) is 11.9 Å². The molecule has 0 spiro atoms. The summed E-state index contributed by atoms with van der Waals surface area (Å²) in [5, 5.41) is 13.2. The minimum Gasteiger partial charge on any atom is -0.478 e. The minimum atomic E-state index is -1.11. The number of hydrogen-bond donors (Lipinski definition) is 2. The fraction of sp³-hybridized carbons (Fsp3) is 0.0625. The molecule has 0 atom stereocenters. The predicted molar refractivity (Wildman–Crippen MR) is 151 cm³/mol. The molecule has 5 nitrogen and oxygen atoms in total. The summed E-state index contributed by atoms with van der Waals surface area (Å²) in [6.45, 7) is 0.144. The first-order valence-corrected chi connectivity index (χ1v) is 13.1. The molecule has 186 valence electrons. The van der Waals surface area contributed by atoms with Gasteiger partial charge in [-0.1, -0.05) is 109 Å². The molecule has 1 amide bonds. The lowest BCUT2D eigenvalue weighted by Gasteiger charge is -2.14. The zero-order valence-electron chi connectivity index (χ0n) is 20.3. The number of amides is 1. The number of carboxylic acids is 1. The molecule has 1 heterocycles. The van der Waals surface area contributed by atoms with Crippen molar-refractivity contribution < 1.29 is 19.4 Å². The Balaban J connectivity index is 1.31. The maximum atomic E-state index is 13.0. The van der Waals surface area contributed by atoms with Crippen molar-refractivity contribution in [3.8, 4) is 32.7 Å². The van der Waals surface area contributed by atoms with Gasteiger partial charge >= 0.3 is 12.1 Å². The molecule has 6 heteroatoms. The maximum Gasteiger partial charge on any atom is 0.412 e. The van der Waals surface area contributed by atoms with E-state index in [9.17, 15) is 14.7 Å². The molecule has 0 radical (unpaired) electrons. The van der Waals surface area contributed by atoms with E-state index in [-0.39, 0.29) is 23.1 Å². The zero-order valence-corrected chi connectivity index (χ0v) is 21.1. The van der Waals surface area contributed by atoms with Crippen LogP contribution in [0.15, 0.2) is 109 Å². The van der Waals surface area contributed by atoms with Gasteiger partial charge in [0, 0.05) is 16.4 Å². The van der Waals surface area contributed by atoms with E-state index in [2.05, 4.69) is 29.6 Å². The van der Waals surface area contributed by atoms with Gasteiger partial charge in [-0.2, -0.15) is 0 Å². The van der Waals surface area contributed by atoms with Crippen LogP contribution in [0.5, 0.6) is 0 Å². The molecule has 0 aliphatic heterocycles. The van der Waals surface area contributed by atoms with Gasteiger partial charge in [-0.05, 0) is 33.4 Å². The average molecular weight is 518 g/mol. The molecule has 1 aromatic heterocycles. The van der Waals surface area contributed by atoms with Crippen LogP contribution < -0.4 is 5.32 Å². The normalized spacial score (nSPS) is 12.0. The summed E-state index contributed by atoms with van der Waals surface area (Å²) >= 11 is 1.23. The van der Waals surface area contributed by atoms with Crippen molar-refractivity contribution >= 4 is 28.4 Å². The Morgan fingerprint density at radius 3 is 1.84 bits per heavy atom. The number of carbonyl (C=O) groups is 2. The summed E-state index contributed by atoms with van der Waals surface area (Å²) in [5.41, 5.74) is 6.77. The zero-order chi connectivity index (χ0) is 26.1. The molecule has 4 aromatic carbocycles. The molecule has 0 fully saturated rings. The average Bonchev–Trinajstić information content (AvgIpc) is 3.49. The van der Waals surface area contributed by atoms with E-state index in [0.717, 1.165) is 38.3 Å². The fourth-order valence-electron chi connectivity index (χ4n) is 5.12. The maximum absolute atomic E-state index is 13.0. The van der Waals surface area contributed by atoms with Crippen molar-refractivity contribution in [2.45, 2.75) is 5.92 Å². The van der Waals surface area contributed by atoms with Crippen LogP contribution in [0.3, 0.4) is 0 Å². The van der Waals surface area contributed by atoms with E-state index in [1.807, 2.05) is 84.9 Å². The van der Waals surface area contributed by atoms with E-state index >= 15 is 0 Å². The molecule has 1 aliphatic carbocycles. The lowest BCUT2D eigenvalue weighted by molar-refractivity contribution is 0.0699. The second-order valence-corrected chi connectivity index (χ2v) is 10.0. The van der Waals surface area contributed by atoms with Crippen LogP contribution in [0.2, 0.25) is 0 Å². The monoisotopic (exact) mass is 517 g/mol. The van der Waals surface area contributed by atoms with E-state index in [1.165, 1.54) is 11.3 Å². The highest BCUT2D eigenvalue weighted by Crippen LogP contribution is 2.47. The number of hydrogen-bond acceptors (Lipinski definition) is 4. The number of rotatable bonds is 6. The fourth-order valence-corrected chi connectivity index (χ4v) is 6.33. The van der Waals surface area contributed by atoms with Gasteiger partial charge in [-0.3, -0.25) is 5.32 Å². The van der Waals surface area contributed by atoms with Crippen LogP contribution in [0.1, 0.15) is 27.4 Å². The van der Waals surface area contributed by atoms with Gasteiger partial charge in [0.05, 0.1) is 0 Å². The van der Waals surface area contributed by atoms with Gasteiger partial charge in [0.15, 0.2) is 0 Å². The van der Waals surface area contributed by atoms with Gasteiger partial charge in [0.25, 0.3) is 0 Å². The SMILES string of the molecule is O=C(Nc1sc(-c2ccccc2)c(-c2ccccc2)c1C(=O)O)OCC1c2ccccc2-c2ccccc21. The molecule has 0 saturated heterocycles. The number of nitrogens with one attached hydrogen (secondary N) is 1. The van der Waals surface area contributed by atoms with E-state index in [0.29, 0.717) is 5.56 Å². The van der Waals surface area contributed by atoms with Gasteiger partial charge < -0.3 is 9.84 Å². The Morgan fingerprint density at radius 2 is 1.26 bits per heavy atom. The van der Waals surface area contributed by atoms with Crippen molar-refractivity contribution in [3.63, 3.8) is 0 Å². The molecule has 0 saturated carbocycles. The number of aromatic carboxylic acids is 1. The van der Waals surface area contributed by atoms with Crippen molar-refractivity contribution in [2.24, 2.45) is 0 Å². The lowest BCUT2D eigenvalue weighted by Crippen LogP contribution is -2.18. The van der Waals surface area contributed by atoms with E-state index in [4.69, 9.17) is 4.74 Å². The first-order valence-electron chi connectivity index (χ1n) is 12.2. The highest BCUT2D eigenvalue weighted by atomic mass is 32.1. The minimum absolute atomic E-state index is 0.0496. The van der Waals surface area contributed by atoms with E-state index < -0.39 is 12.1 Å². The summed E-state index contributed by atoms with van der Waals surface area (Å²) in [7, 11) is 0. The number of benzene rings is 4. The summed E-state index contributed by atoms with van der Waals surface area (Å²) in [4.78, 5) is 26.3. The topological polar surface area (TPSA) is 75.6 Å². The Labute approximate surface area is 224 Å². The predicted octanol–water partition coefficient (Wildman–Crippen LogP) is 8.14. The van der Waals surface area contributed by atoms with Crippen molar-refractivity contribution in [3.05, 3.63) is 126 Å². The summed E-state index contributed by atoms with van der Waals surface area (Å²) in [6.07, 6.45) is -0.685. The molecule has 0 unspecified atom stereocenters. The standard InChI is InChI=1S/C32H23NO4S/c34-31(35)28-27(20-11-3-1-4-12-20)29(21-13-5-2-6-14-21)38-30(28)33-32(36)37-19-26-24-17-9-7-15-22(24)23-16-8-10-18-25(23)26/h1-18,26H,19H2,(H,33,36)(H,34,35). The van der Waals surface area contributed by atoms with Crippen LogP contribution in [-0.4, -0.2) is 23.8 Å². The number of fused-ring (bicyclic) bond motifs is 3. The quantitative estimate of drug-likeness (QED) is 0.238. The Bertz CT molecular complexity index is 1600. The number of anilines is 1. The Kier molecular flexibility index (Phi) is 6.23. The molecular formula is C32H23NO4S. The third-order valence-electron chi connectivity index (χ3n) is 6.78. The lowest BCUT2D eigenvalue weighted by atomic mass is 9.98. The van der Waals surface area contributed by atoms with Crippen molar-refractivity contribution in [1.29, 1.82) is 0 Å². The number of carboxylic acid groups (broad SMARTS) is 1. The smallest absolute Gasteiger partial charge is 0.412 e. The van der Waals surface area contributed by atoms with Crippen LogP contribution in [0.4, 0.5) is 9.80 Å². The van der Waals surface area contributed by atoms with Gasteiger partial charge in [-0.25, -0.2) is 9.59 Å². The second kappa shape index (κ2) is 10.00. The van der Waals surface area contributed by atoms with Crippen LogP contribution >= 0.6 is 11.3 Å². The molecule has 38 heavy (non-hydrogen) atoms. The third-order valence-corrected chi connectivity index (χ3v) is 7.93. The summed E-state index contributed by atoms with van der Waals surface area (Å²) < 4.78 is 5.70. The number of carbonyl (C=O) groups excluding carboxylic acids is 1. The highest BCUT2D eigenvalue weighted by molar-refractivity contribution is 7.20. The second-order valence-electron chi connectivity index (χ2n) is 9.00. The van der Waals surface area contributed by atoms with Gasteiger partial charge in [0.1, 0.15) is 17.2 Å². The van der Waals surface area contributed by atoms with Gasteiger partial charge in [0.2, 0.25) is 0 Å².